The summed E-state index contributed by atoms with van der Waals surface area (Å²) in [5.41, 5.74) is 0. The fourth-order valence-corrected chi connectivity index (χ4v) is 2.14. The first kappa shape index (κ1) is 16.4. The number of hydrogen-bond acceptors (Lipinski definition) is 2. The molecule has 1 atom stereocenters. The van der Waals surface area contributed by atoms with Gasteiger partial charge in [0, 0.05) is 15.8 Å². The van der Waals surface area contributed by atoms with E-state index in [1.807, 2.05) is 0 Å². The maximum Gasteiger partial charge on any atom is 0.405 e. The van der Waals surface area contributed by atoms with Crippen molar-refractivity contribution in [2.24, 2.45) is 0 Å². The van der Waals surface area contributed by atoms with Crippen molar-refractivity contribution in [3.05, 3.63) is 41.4 Å². The van der Waals surface area contributed by atoms with Crippen molar-refractivity contribution in [1.82, 2.24) is 5.32 Å². The van der Waals surface area contributed by atoms with E-state index in [1.54, 1.807) is 41.7 Å². The van der Waals surface area contributed by atoms with Crippen LogP contribution in [0.3, 0.4) is 0 Å². The van der Waals surface area contributed by atoms with E-state index in [0.29, 0.717) is 16.2 Å². The fourth-order valence-electron chi connectivity index (χ4n) is 1.91. The van der Waals surface area contributed by atoms with E-state index >= 15 is 0 Å². The molecule has 2 rings (SSSR count). The van der Waals surface area contributed by atoms with Gasteiger partial charge in [-0.1, -0.05) is 35.9 Å². The molecule has 0 aliphatic heterocycles. The Hall–Kier alpha value is -1.95. The molecule has 0 saturated heterocycles. The number of benzene rings is 2. The van der Waals surface area contributed by atoms with Crippen LogP contribution < -0.4 is 10.1 Å². The molecular formula is C15H13ClF3NO2. The normalized spacial score (nSPS) is 13.0. The van der Waals surface area contributed by atoms with Gasteiger partial charge in [0.05, 0.1) is 0 Å². The molecule has 118 valence electrons. The van der Waals surface area contributed by atoms with Crippen LogP contribution in [0.4, 0.5) is 13.2 Å². The van der Waals surface area contributed by atoms with Gasteiger partial charge in [0.15, 0.2) is 6.10 Å². The number of alkyl halides is 3. The monoisotopic (exact) mass is 331 g/mol. The number of amides is 1. The highest BCUT2D eigenvalue weighted by Crippen LogP contribution is 2.31. The van der Waals surface area contributed by atoms with Crippen LogP contribution in [0, 0.1) is 0 Å². The first-order chi connectivity index (χ1) is 10.3. The average Bonchev–Trinajstić information content (AvgIpc) is 2.47. The molecule has 0 saturated carbocycles. The molecule has 3 nitrogen and oxygen atoms in total. The Balaban J connectivity index is 2.14. The van der Waals surface area contributed by atoms with E-state index in [4.69, 9.17) is 16.3 Å². The second-order valence-electron chi connectivity index (χ2n) is 4.68. The summed E-state index contributed by atoms with van der Waals surface area (Å²) >= 11 is 6.07. The van der Waals surface area contributed by atoms with E-state index < -0.39 is 24.7 Å². The Morgan fingerprint density at radius 2 is 1.86 bits per heavy atom. The Morgan fingerprint density at radius 3 is 2.50 bits per heavy atom. The Bertz CT molecular complexity index is 688. The van der Waals surface area contributed by atoms with Crippen molar-refractivity contribution in [2.75, 3.05) is 6.54 Å². The zero-order valence-electron chi connectivity index (χ0n) is 11.6. The lowest BCUT2D eigenvalue weighted by atomic mass is 10.1. The first-order valence-corrected chi connectivity index (χ1v) is 6.84. The SMILES string of the molecule is C[C@H](Oc1ccc(Cl)c2ccccc12)C(=O)NCC(F)(F)F. The minimum absolute atomic E-state index is 0.384. The average molecular weight is 332 g/mol. The van der Waals surface area contributed by atoms with Gasteiger partial charge in [-0.05, 0) is 19.1 Å². The maximum absolute atomic E-state index is 12.1. The standard InChI is InChI=1S/C15H13ClF3NO2/c1-9(14(21)20-8-15(17,18)19)22-13-7-6-12(16)10-4-2-3-5-11(10)13/h2-7,9H,8H2,1H3,(H,20,21)/t9-/m0/s1. The Labute approximate surface area is 130 Å². The summed E-state index contributed by atoms with van der Waals surface area (Å²) in [4.78, 5) is 11.6. The summed E-state index contributed by atoms with van der Waals surface area (Å²) in [5.74, 6) is -0.453. The largest absolute Gasteiger partial charge is 0.480 e. The molecular weight excluding hydrogens is 319 g/mol. The van der Waals surface area contributed by atoms with Gasteiger partial charge >= 0.3 is 6.18 Å². The van der Waals surface area contributed by atoms with Gasteiger partial charge < -0.3 is 10.1 Å². The molecule has 7 heteroatoms. The zero-order valence-corrected chi connectivity index (χ0v) is 12.3. The molecule has 0 unspecified atom stereocenters. The van der Waals surface area contributed by atoms with Crippen LogP contribution >= 0.6 is 11.6 Å². The predicted octanol–water partition coefficient (Wildman–Crippen LogP) is 3.94. The number of carbonyl (C=O) groups excluding carboxylic acids is 1. The van der Waals surface area contributed by atoms with Crippen LogP contribution in [0.5, 0.6) is 5.75 Å². The van der Waals surface area contributed by atoms with E-state index in [-0.39, 0.29) is 0 Å². The van der Waals surface area contributed by atoms with Gasteiger partial charge in [-0.2, -0.15) is 13.2 Å². The van der Waals surface area contributed by atoms with E-state index in [1.165, 1.54) is 6.92 Å². The van der Waals surface area contributed by atoms with E-state index in [2.05, 4.69) is 0 Å². The highest BCUT2D eigenvalue weighted by atomic mass is 35.5. The molecule has 0 radical (unpaired) electrons. The molecule has 0 bridgehead atoms. The summed E-state index contributed by atoms with van der Waals surface area (Å²) in [6.45, 7) is -0.00398. The molecule has 0 aromatic heterocycles. The lowest BCUT2D eigenvalue weighted by Gasteiger charge is -2.17. The molecule has 0 aliphatic carbocycles. The Kier molecular flexibility index (Phi) is 4.81. The van der Waals surface area contributed by atoms with Gasteiger partial charge in [-0.3, -0.25) is 4.79 Å². The van der Waals surface area contributed by atoms with E-state index in [0.717, 1.165) is 5.39 Å². The van der Waals surface area contributed by atoms with Crippen LogP contribution in [-0.4, -0.2) is 24.7 Å². The zero-order chi connectivity index (χ0) is 16.3. The third-order valence-corrected chi connectivity index (χ3v) is 3.30. The summed E-state index contributed by atoms with van der Waals surface area (Å²) in [7, 11) is 0. The third-order valence-electron chi connectivity index (χ3n) is 2.97. The number of hydrogen-bond donors (Lipinski definition) is 1. The molecule has 22 heavy (non-hydrogen) atoms. The molecule has 2 aromatic rings. The van der Waals surface area contributed by atoms with Crippen LogP contribution in [0.15, 0.2) is 36.4 Å². The van der Waals surface area contributed by atoms with Crippen molar-refractivity contribution in [2.45, 2.75) is 19.2 Å². The number of nitrogens with one attached hydrogen (secondary N) is 1. The second kappa shape index (κ2) is 6.44. The minimum Gasteiger partial charge on any atom is -0.480 e. The van der Waals surface area contributed by atoms with Gasteiger partial charge in [0.25, 0.3) is 5.91 Å². The topological polar surface area (TPSA) is 38.3 Å². The second-order valence-corrected chi connectivity index (χ2v) is 5.09. The van der Waals surface area contributed by atoms with Gasteiger partial charge in [0.2, 0.25) is 0 Å². The quantitative estimate of drug-likeness (QED) is 0.921. The number of ether oxygens (including phenoxy) is 1. The molecule has 0 spiro atoms. The van der Waals surface area contributed by atoms with E-state index in [9.17, 15) is 18.0 Å². The summed E-state index contributed by atoms with van der Waals surface area (Å²) < 4.78 is 41.7. The lowest BCUT2D eigenvalue weighted by Crippen LogP contribution is -2.41. The molecule has 0 heterocycles. The van der Waals surface area contributed by atoms with Gasteiger partial charge in [-0.25, -0.2) is 0 Å². The van der Waals surface area contributed by atoms with Gasteiger partial charge in [-0.15, -0.1) is 0 Å². The summed E-state index contributed by atoms with van der Waals surface area (Å²) in [5, 5.41) is 3.74. The van der Waals surface area contributed by atoms with Crippen molar-refractivity contribution >= 4 is 28.3 Å². The van der Waals surface area contributed by atoms with Crippen molar-refractivity contribution < 1.29 is 22.7 Å². The van der Waals surface area contributed by atoms with Crippen LogP contribution in [0.25, 0.3) is 10.8 Å². The van der Waals surface area contributed by atoms with Crippen molar-refractivity contribution in [3.63, 3.8) is 0 Å². The highest BCUT2D eigenvalue weighted by Gasteiger charge is 2.29. The summed E-state index contributed by atoms with van der Waals surface area (Å²) in [6.07, 6.45) is -5.52. The van der Waals surface area contributed by atoms with Crippen LogP contribution in [0.1, 0.15) is 6.92 Å². The van der Waals surface area contributed by atoms with Gasteiger partial charge in [0.1, 0.15) is 12.3 Å². The number of fused-ring (bicyclic) bond motifs is 1. The minimum atomic E-state index is -4.46. The molecule has 2 aromatic carbocycles. The molecule has 0 fully saturated rings. The fraction of sp³-hybridized carbons (Fsp3) is 0.267. The van der Waals surface area contributed by atoms with Crippen molar-refractivity contribution in [3.8, 4) is 5.75 Å². The predicted molar refractivity (Wildman–Crippen MR) is 78.1 cm³/mol. The lowest BCUT2D eigenvalue weighted by molar-refractivity contribution is -0.142. The number of carbonyl (C=O) groups is 1. The molecule has 1 N–H and O–H groups in total. The van der Waals surface area contributed by atoms with Crippen LogP contribution in [0.2, 0.25) is 5.02 Å². The maximum atomic E-state index is 12.1. The van der Waals surface area contributed by atoms with Crippen LogP contribution in [-0.2, 0) is 4.79 Å². The number of halogens is 4. The Morgan fingerprint density at radius 1 is 1.23 bits per heavy atom. The highest BCUT2D eigenvalue weighted by molar-refractivity contribution is 6.35. The molecule has 0 aliphatic rings. The first-order valence-electron chi connectivity index (χ1n) is 6.46. The smallest absolute Gasteiger partial charge is 0.405 e. The summed E-state index contributed by atoms with van der Waals surface area (Å²) in [6, 6.07) is 10.3. The molecule has 1 amide bonds. The number of rotatable bonds is 4. The van der Waals surface area contributed by atoms with Crippen molar-refractivity contribution in [1.29, 1.82) is 0 Å². The third kappa shape index (κ3) is 4.04.